The first kappa shape index (κ1) is 16.2. The minimum Gasteiger partial charge on any atom is -0.486 e. The molecule has 1 aromatic carbocycles. The summed E-state index contributed by atoms with van der Waals surface area (Å²) in [5, 5.41) is 9.90. The minimum atomic E-state index is -0.0860. The molecule has 4 rings (SSSR count). The summed E-state index contributed by atoms with van der Waals surface area (Å²) in [4.78, 5) is 16.8. The van der Waals surface area contributed by atoms with Crippen LogP contribution >= 0.6 is 0 Å². The predicted octanol–water partition coefficient (Wildman–Crippen LogP) is 1.26. The van der Waals surface area contributed by atoms with Gasteiger partial charge in [0.15, 0.2) is 17.3 Å². The van der Waals surface area contributed by atoms with E-state index in [-0.39, 0.29) is 12.5 Å². The van der Waals surface area contributed by atoms with E-state index in [0.29, 0.717) is 55.7 Å². The number of benzene rings is 1. The summed E-state index contributed by atoms with van der Waals surface area (Å²) in [6.45, 7) is 6.54. The van der Waals surface area contributed by atoms with Crippen LogP contribution in [0.2, 0.25) is 0 Å². The third-order valence-corrected chi connectivity index (χ3v) is 4.87. The third-order valence-electron chi connectivity index (χ3n) is 4.87. The number of furan rings is 1. The fourth-order valence-electron chi connectivity index (χ4n) is 3.42. The third kappa shape index (κ3) is 2.94. The molecule has 0 spiro atoms. The van der Waals surface area contributed by atoms with Crippen molar-refractivity contribution in [1.82, 2.24) is 9.80 Å². The van der Waals surface area contributed by atoms with Crippen molar-refractivity contribution in [3.63, 3.8) is 0 Å². The highest BCUT2D eigenvalue weighted by Crippen LogP contribution is 2.38. The molecular formula is C18H22N2O5. The maximum absolute atomic E-state index is 12.9. The fraction of sp³-hybridized carbons (Fsp3) is 0.500. The van der Waals surface area contributed by atoms with Gasteiger partial charge in [0.25, 0.3) is 5.91 Å². The van der Waals surface area contributed by atoms with Crippen LogP contribution in [0.1, 0.15) is 16.1 Å². The fourth-order valence-corrected chi connectivity index (χ4v) is 3.42. The Kier molecular flexibility index (Phi) is 4.27. The number of carbonyl (C=O) groups is 1. The summed E-state index contributed by atoms with van der Waals surface area (Å²) in [6, 6.07) is 3.69. The standard InChI is InChI=1S/C18H22N2O5/c1-12-13-10-15-16(24-9-8-23-15)11-14(13)25-17(12)18(22)20-4-2-19(3-5-20)6-7-21/h10-11,21H,2-9H2,1H3. The lowest BCUT2D eigenvalue weighted by atomic mass is 10.1. The number of piperazine rings is 1. The topological polar surface area (TPSA) is 75.4 Å². The second-order valence-electron chi connectivity index (χ2n) is 6.41. The van der Waals surface area contributed by atoms with Crippen molar-refractivity contribution in [1.29, 1.82) is 0 Å². The Hall–Kier alpha value is -2.25. The molecule has 1 aromatic heterocycles. The molecule has 1 N–H and O–H groups in total. The van der Waals surface area contributed by atoms with Gasteiger partial charge in [0, 0.05) is 49.7 Å². The van der Waals surface area contributed by atoms with E-state index in [0.717, 1.165) is 24.0 Å². The lowest BCUT2D eigenvalue weighted by molar-refractivity contribution is 0.0586. The first-order valence-electron chi connectivity index (χ1n) is 8.62. The maximum Gasteiger partial charge on any atom is 0.289 e. The van der Waals surface area contributed by atoms with Crippen molar-refractivity contribution in [2.24, 2.45) is 0 Å². The lowest BCUT2D eigenvalue weighted by Crippen LogP contribution is -2.49. The van der Waals surface area contributed by atoms with Gasteiger partial charge in [0.1, 0.15) is 18.8 Å². The van der Waals surface area contributed by atoms with Gasteiger partial charge in [-0.05, 0) is 13.0 Å². The van der Waals surface area contributed by atoms with Crippen molar-refractivity contribution in [3.8, 4) is 11.5 Å². The highest BCUT2D eigenvalue weighted by atomic mass is 16.6. The molecule has 0 aliphatic carbocycles. The van der Waals surface area contributed by atoms with Gasteiger partial charge >= 0.3 is 0 Å². The molecule has 1 fully saturated rings. The van der Waals surface area contributed by atoms with E-state index >= 15 is 0 Å². The van der Waals surface area contributed by atoms with E-state index in [9.17, 15) is 4.79 Å². The number of nitrogens with zero attached hydrogens (tertiary/aromatic N) is 2. The van der Waals surface area contributed by atoms with Gasteiger partial charge in [-0.15, -0.1) is 0 Å². The Morgan fingerprint density at radius 3 is 2.48 bits per heavy atom. The number of rotatable bonds is 3. The van der Waals surface area contributed by atoms with Crippen LogP contribution in [0.5, 0.6) is 11.5 Å². The molecule has 1 amide bonds. The monoisotopic (exact) mass is 346 g/mol. The van der Waals surface area contributed by atoms with Crippen molar-refractivity contribution in [2.75, 3.05) is 52.5 Å². The number of aliphatic hydroxyl groups is 1. The van der Waals surface area contributed by atoms with Crippen molar-refractivity contribution >= 4 is 16.9 Å². The van der Waals surface area contributed by atoms with E-state index in [1.165, 1.54) is 0 Å². The number of β-amino-alcohol motifs (C(OH)–C–C–N with tert-alkyl or cyclic N) is 1. The number of hydrogen-bond acceptors (Lipinski definition) is 6. The Labute approximate surface area is 145 Å². The first-order valence-corrected chi connectivity index (χ1v) is 8.62. The molecule has 3 heterocycles. The zero-order valence-electron chi connectivity index (χ0n) is 14.3. The van der Waals surface area contributed by atoms with Crippen LogP contribution in [0.25, 0.3) is 11.0 Å². The van der Waals surface area contributed by atoms with Gasteiger partial charge in [0.05, 0.1) is 6.61 Å². The normalized spacial score (nSPS) is 17.9. The van der Waals surface area contributed by atoms with Crippen LogP contribution in [0.4, 0.5) is 0 Å². The molecule has 0 radical (unpaired) electrons. The van der Waals surface area contributed by atoms with Crippen LogP contribution in [0.3, 0.4) is 0 Å². The summed E-state index contributed by atoms with van der Waals surface area (Å²) in [7, 11) is 0. The number of ether oxygens (including phenoxy) is 2. The summed E-state index contributed by atoms with van der Waals surface area (Å²) in [6.07, 6.45) is 0. The van der Waals surface area contributed by atoms with Crippen LogP contribution < -0.4 is 9.47 Å². The summed E-state index contributed by atoms with van der Waals surface area (Å²) in [5.41, 5.74) is 1.47. The Morgan fingerprint density at radius 1 is 1.12 bits per heavy atom. The number of hydrogen-bond donors (Lipinski definition) is 1. The van der Waals surface area contributed by atoms with E-state index in [4.69, 9.17) is 19.0 Å². The first-order chi connectivity index (χ1) is 12.2. The molecular weight excluding hydrogens is 324 g/mol. The van der Waals surface area contributed by atoms with Gasteiger partial charge in [-0.2, -0.15) is 0 Å². The molecule has 7 nitrogen and oxygen atoms in total. The molecule has 0 bridgehead atoms. The Morgan fingerprint density at radius 2 is 1.80 bits per heavy atom. The van der Waals surface area contributed by atoms with E-state index in [2.05, 4.69) is 4.90 Å². The SMILES string of the molecule is Cc1c(C(=O)N2CCN(CCO)CC2)oc2cc3c(cc12)OCCO3. The highest BCUT2D eigenvalue weighted by molar-refractivity contribution is 5.99. The zero-order valence-corrected chi connectivity index (χ0v) is 14.3. The average Bonchev–Trinajstić information content (AvgIpc) is 2.96. The highest BCUT2D eigenvalue weighted by Gasteiger charge is 2.27. The van der Waals surface area contributed by atoms with Crippen LogP contribution in [0, 0.1) is 6.92 Å². The number of aryl methyl sites for hydroxylation is 1. The molecule has 2 aliphatic heterocycles. The molecule has 134 valence electrons. The number of amides is 1. The van der Waals surface area contributed by atoms with E-state index in [1.54, 1.807) is 6.07 Å². The van der Waals surface area contributed by atoms with Crippen molar-refractivity contribution < 1.29 is 23.8 Å². The van der Waals surface area contributed by atoms with Crippen LogP contribution in [-0.4, -0.2) is 73.4 Å². The number of aliphatic hydroxyl groups excluding tert-OH is 1. The van der Waals surface area contributed by atoms with E-state index in [1.807, 2.05) is 17.9 Å². The van der Waals surface area contributed by atoms with Gasteiger partial charge in [0.2, 0.25) is 0 Å². The van der Waals surface area contributed by atoms with Gasteiger partial charge < -0.3 is 23.9 Å². The molecule has 0 unspecified atom stereocenters. The molecule has 25 heavy (non-hydrogen) atoms. The zero-order chi connectivity index (χ0) is 17.4. The van der Waals surface area contributed by atoms with Crippen LogP contribution in [0.15, 0.2) is 16.5 Å². The van der Waals surface area contributed by atoms with Crippen LogP contribution in [-0.2, 0) is 0 Å². The smallest absolute Gasteiger partial charge is 0.289 e. The summed E-state index contributed by atoms with van der Waals surface area (Å²) < 4.78 is 17.1. The average molecular weight is 346 g/mol. The quantitative estimate of drug-likeness (QED) is 0.902. The van der Waals surface area contributed by atoms with E-state index < -0.39 is 0 Å². The lowest BCUT2D eigenvalue weighted by Gasteiger charge is -2.33. The Bertz CT molecular complexity index is 792. The second-order valence-corrected chi connectivity index (χ2v) is 6.41. The number of carbonyl (C=O) groups excluding carboxylic acids is 1. The molecule has 0 atom stereocenters. The maximum atomic E-state index is 12.9. The molecule has 0 saturated carbocycles. The second kappa shape index (κ2) is 6.57. The molecule has 7 heteroatoms. The minimum absolute atomic E-state index is 0.0860. The molecule has 2 aliphatic rings. The molecule has 1 saturated heterocycles. The van der Waals surface area contributed by atoms with Gasteiger partial charge in [-0.3, -0.25) is 9.69 Å². The van der Waals surface area contributed by atoms with Crippen molar-refractivity contribution in [3.05, 3.63) is 23.5 Å². The summed E-state index contributed by atoms with van der Waals surface area (Å²) >= 11 is 0. The molecule has 2 aromatic rings. The van der Waals surface area contributed by atoms with Gasteiger partial charge in [-0.25, -0.2) is 0 Å². The summed E-state index contributed by atoms with van der Waals surface area (Å²) in [5.74, 6) is 1.65. The predicted molar refractivity (Wildman–Crippen MR) is 91.4 cm³/mol. The number of fused-ring (bicyclic) bond motifs is 2. The van der Waals surface area contributed by atoms with Gasteiger partial charge in [-0.1, -0.05) is 0 Å². The Balaban J connectivity index is 1.59. The van der Waals surface area contributed by atoms with Crippen molar-refractivity contribution in [2.45, 2.75) is 6.92 Å². The largest absolute Gasteiger partial charge is 0.486 e.